The summed E-state index contributed by atoms with van der Waals surface area (Å²) in [6, 6.07) is 18.6. The molecule has 5 heteroatoms. The number of likely N-dealkylation sites (tertiary alicyclic amines) is 1. The number of piperidine rings is 1. The molecule has 2 atom stereocenters. The largest absolute Gasteiger partial charge is 0.333 e. The SMILES string of the molecule is N#Cc1cccc(C(=O)N2CC[C@H]3[C@@H]2CCC(=O)N3c2ccccc2)c1. The van der Waals surface area contributed by atoms with E-state index in [0.29, 0.717) is 30.5 Å². The van der Waals surface area contributed by atoms with Crippen LogP contribution >= 0.6 is 0 Å². The molecule has 2 aliphatic rings. The van der Waals surface area contributed by atoms with Crippen LogP contribution < -0.4 is 4.90 Å². The van der Waals surface area contributed by atoms with Crippen LogP contribution in [0.25, 0.3) is 0 Å². The van der Waals surface area contributed by atoms with Gasteiger partial charge in [-0.1, -0.05) is 24.3 Å². The van der Waals surface area contributed by atoms with E-state index < -0.39 is 0 Å². The minimum absolute atomic E-state index is 0.0155. The van der Waals surface area contributed by atoms with Crippen LogP contribution in [-0.4, -0.2) is 35.3 Å². The first kappa shape index (κ1) is 16.3. The third-order valence-electron chi connectivity index (χ3n) is 5.30. The molecule has 0 aliphatic carbocycles. The van der Waals surface area contributed by atoms with E-state index in [-0.39, 0.29) is 23.9 Å². The van der Waals surface area contributed by atoms with Crippen LogP contribution in [0.1, 0.15) is 35.2 Å². The molecule has 2 amide bonds. The molecular weight excluding hydrogens is 326 g/mol. The number of benzene rings is 2. The lowest BCUT2D eigenvalue weighted by Crippen LogP contribution is -2.53. The van der Waals surface area contributed by atoms with Gasteiger partial charge in [0.2, 0.25) is 5.91 Å². The summed E-state index contributed by atoms with van der Waals surface area (Å²) in [7, 11) is 0. The fourth-order valence-corrected chi connectivity index (χ4v) is 4.13. The molecule has 0 radical (unpaired) electrons. The zero-order valence-electron chi connectivity index (χ0n) is 14.3. The fourth-order valence-electron chi connectivity index (χ4n) is 4.13. The van der Waals surface area contributed by atoms with Gasteiger partial charge in [-0.25, -0.2) is 0 Å². The van der Waals surface area contributed by atoms with Gasteiger partial charge in [-0.05, 0) is 43.2 Å². The molecule has 2 aliphatic heterocycles. The predicted molar refractivity (Wildman–Crippen MR) is 97.5 cm³/mol. The van der Waals surface area contributed by atoms with Crippen molar-refractivity contribution in [3.8, 4) is 6.07 Å². The van der Waals surface area contributed by atoms with E-state index >= 15 is 0 Å². The van der Waals surface area contributed by atoms with Gasteiger partial charge in [0.15, 0.2) is 0 Å². The summed E-state index contributed by atoms with van der Waals surface area (Å²) in [5.41, 5.74) is 1.91. The van der Waals surface area contributed by atoms with Crippen molar-refractivity contribution in [2.45, 2.75) is 31.3 Å². The van der Waals surface area contributed by atoms with Gasteiger partial charge in [0, 0.05) is 24.2 Å². The number of rotatable bonds is 2. The standard InChI is InChI=1S/C21H19N3O2/c22-14-15-5-4-6-16(13-15)21(26)23-12-11-19-18(23)9-10-20(25)24(19)17-7-2-1-3-8-17/h1-8,13,18-19H,9-12H2/t18-,19-/m0/s1. The van der Waals surface area contributed by atoms with Gasteiger partial charge in [0.1, 0.15) is 0 Å². The van der Waals surface area contributed by atoms with Gasteiger partial charge in [-0.15, -0.1) is 0 Å². The van der Waals surface area contributed by atoms with Crippen molar-refractivity contribution in [2.24, 2.45) is 0 Å². The highest BCUT2D eigenvalue weighted by atomic mass is 16.2. The molecule has 2 aromatic carbocycles. The Morgan fingerprint density at radius 3 is 2.62 bits per heavy atom. The molecule has 2 heterocycles. The highest BCUT2D eigenvalue weighted by Crippen LogP contribution is 2.35. The van der Waals surface area contributed by atoms with Crippen molar-refractivity contribution < 1.29 is 9.59 Å². The molecule has 2 fully saturated rings. The maximum Gasteiger partial charge on any atom is 0.254 e. The Morgan fingerprint density at radius 2 is 1.85 bits per heavy atom. The van der Waals surface area contributed by atoms with Crippen LogP contribution in [0.3, 0.4) is 0 Å². The lowest BCUT2D eigenvalue weighted by Gasteiger charge is -2.39. The monoisotopic (exact) mass is 345 g/mol. The van der Waals surface area contributed by atoms with Crippen molar-refractivity contribution in [1.82, 2.24) is 4.90 Å². The third kappa shape index (κ3) is 2.74. The van der Waals surface area contributed by atoms with Gasteiger partial charge < -0.3 is 9.80 Å². The first-order chi connectivity index (χ1) is 12.7. The van der Waals surface area contributed by atoms with Gasteiger partial charge in [-0.3, -0.25) is 9.59 Å². The van der Waals surface area contributed by atoms with E-state index in [2.05, 4.69) is 6.07 Å². The number of para-hydroxylation sites is 1. The fraction of sp³-hybridized carbons (Fsp3) is 0.286. The molecule has 26 heavy (non-hydrogen) atoms. The van der Waals surface area contributed by atoms with Crippen molar-refractivity contribution >= 4 is 17.5 Å². The molecule has 0 saturated carbocycles. The van der Waals surface area contributed by atoms with E-state index in [4.69, 9.17) is 5.26 Å². The predicted octanol–water partition coefficient (Wildman–Crippen LogP) is 2.97. The number of nitrogens with zero attached hydrogens (tertiary/aromatic N) is 3. The average Bonchev–Trinajstić information content (AvgIpc) is 3.12. The van der Waals surface area contributed by atoms with Gasteiger partial charge in [0.05, 0.1) is 23.7 Å². The number of hydrogen-bond donors (Lipinski definition) is 0. The zero-order chi connectivity index (χ0) is 18.1. The van der Waals surface area contributed by atoms with Crippen molar-refractivity contribution in [3.05, 3.63) is 65.7 Å². The summed E-state index contributed by atoms with van der Waals surface area (Å²) in [4.78, 5) is 29.3. The second-order valence-corrected chi connectivity index (χ2v) is 6.75. The van der Waals surface area contributed by atoms with E-state index in [1.54, 1.807) is 24.3 Å². The third-order valence-corrected chi connectivity index (χ3v) is 5.30. The van der Waals surface area contributed by atoms with Crippen LogP contribution in [0.4, 0.5) is 5.69 Å². The molecule has 0 aromatic heterocycles. The maximum absolute atomic E-state index is 13.0. The maximum atomic E-state index is 13.0. The number of anilines is 1. The summed E-state index contributed by atoms with van der Waals surface area (Å²) in [6.07, 6.45) is 1.91. The Kier molecular flexibility index (Phi) is 4.18. The first-order valence-electron chi connectivity index (χ1n) is 8.87. The van der Waals surface area contributed by atoms with Gasteiger partial charge in [-0.2, -0.15) is 5.26 Å². The summed E-state index contributed by atoms with van der Waals surface area (Å²) < 4.78 is 0. The summed E-state index contributed by atoms with van der Waals surface area (Å²) in [6.45, 7) is 0.627. The van der Waals surface area contributed by atoms with Crippen LogP contribution in [0.2, 0.25) is 0 Å². The zero-order valence-corrected chi connectivity index (χ0v) is 14.3. The van der Waals surface area contributed by atoms with Crippen LogP contribution in [-0.2, 0) is 4.79 Å². The Balaban J connectivity index is 1.61. The van der Waals surface area contributed by atoms with E-state index in [1.165, 1.54) is 0 Å². The smallest absolute Gasteiger partial charge is 0.254 e. The number of fused-ring (bicyclic) bond motifs is 1. The quantitative estimate of drug-likeness (QED) is 0.840. The van der Waals surface area contributed by atoms with E-state index in [1.807, 2.05) is 40.1 Å². The Morgan fingerprint density at radius 1 is 1.04 bits per heavy atom. The number of amides is 2. The summed E-state index contributed by atoms with van der Waals surface area (Å²) >= 11 is 0. The van der Waals surface area contributed by atoms with Crippen LogP contribution in [0, 0.1) is 11.3 Å². The highest BCUT2D eigenvalue weighted by Gasteiger charge is 2.45. The molecular formula is C21H19N3O2. The summed E-state index contributed by atoms with van der Waals surface area (Å²) in [5.74, 6) is 0.0650. The molecule has 4 rings (SSSR count). The molecule has 5 nitrogen and oxygen atoms in total. The number of carbonyl (C=O) groups excluding carboxylic acids is 2. The number of carbonyl (C=O) groups is 2. The Labute approximate surface area is 152 Å². The molecule has 0 N–H and O–H groups in total. The average molecular weight is 345 g/mol. The minimum atomic E-state index is -0.0584. The second kappa shape index (κ2) is 6.64. The highest BCUT2D eigenvalue weighted by molar-refractivity contribution is 5.98. The van der Waals surface area contributed by atoms with Crippen molar-refractivity contribution in [1.29, 1.82) is 5.26 Å². The Hall–Kier alpha value is -3.13. The lowest BCUT2D eigenvalue weighted by atomic mass is 9.95. The van der Waals surface area contributed by atoms with E-state index in [9.17, 15) is 9.59 Å². The molecule has 0 bridgehead atoms. The van der Waals surface area contributed by atoms with E-state index in [0.717, 1.165) is 12.1 Å². The minimum Gasteiger partial charge on any atom is -0.333 e. The normalized spacial score (nSPS) is 22.0. The molecule has 2 aromatic rings. The van der Waals surface area contributed by atoms with Gasteiger partial charge >= 0.3 is 0 Å². The van der Waals surface area contributed by atoms with Gasteiger partial charge in [0.25, 0.3) is 5.91 Å². The van der Waals surface area contributed by atoms with Crippen molar-refractivity contribution in [3.63, 3.8) is 0 Å². The second-order valence-electron chi connectivity index (χ2n) is 6.75. The first-order valence-corrected chi connectivity index (χ1v) is 8.87. The number of hydrogen-bond acceptors (Lipinski definition) is 3. The van der Waals surface area contributed by atoms with Crippen LogP contribution in [0.15, 0.2) is 54.6 Å². The Bertz CT molecular complexity index is 888. The summed E-state index contributed by atoms with van der Waals surface area (Å²) in [5, 5.41) is 9.07. The number of nitriles is 1. The van der Waals surface area contributed by atoms with Crippen LogP contribution in [0.5, 0.6) is 0 Å². The lowest BCUT2D eigenvalue weighted by molar-refractivity contribution is -0.120. The molecule has 130 valence electrons. The topological polar surface area (TPSA) is 64.4 Å². The molecule has 0 spiro atoms. The molecule has 0 unspecified atom stereocenters. The van der Waals surface area contributed by atoms with Crippen molar-refractivity contribution in [2.75, 3.05) is 11.4 Å². The molecule has 2 saturated heterocycles.